The highest BCUT2D eigenvalue weighted by Gasteiger charge is 2.03. The van der Waals surface area contributed by atoms with Crippen molar-refractivity contribution in [2.24, 2.45) is 4.99 Å². The van der Waals surface area contributed by atoms with Crippen molar-refractivity contribution in [1.29, 1.82) is 5.26 Å². The van der Waals surface area contributed by atoms with Gasteiger partial charge in [0.05, 0.1) is 31.3 Å². The van der Waals surface area contributed by atoms with Gasteiger partial charge in [-0.2, -0.15) is 17.0 Å². The van der Waals surface area contributed by atoms with Gasteiger partial charge >= 0.3 is 0 Å². The summed E-state index contributed by atoms with van der Waals surface area (Å²) in [6, 6.07) is 0. The molecule has 0 saturated heterocycles. The summed E-state index contributed by atoms with van der Waals surface area (Å²) in [5.41, 5.74) is 2.11. The van der Waals surface area contributed by atoms with Crippen molar-refractivity contribution < 1.29 is 10.2 Å². The normalized spacial score (nSPS) is 12.8. The smallest absolute Gasteiger partial charge is 0.204 e. The number of imidazole rings is 1. The number of rotatable bonds is 8. The Morgan fingerprint density at radius 1 is 1.67 bits per heavy atom. The number of aliphatic imine (C=N–C) groups is 1. The predicted molar refractivity (Wildman–Crippen MR) is 81.6 cm³/mol. The first kappa shape index (κ1) is 17.3. The fourth-order valence-electron chi connectivity index (χ4n) is 1.39. The fourth-order valence-corrected chi connectivity index (χ4v) is 2.27. The summed E-state index contributed by atoms with van der Waals surface area (Å²) in [6.07, 6.45) is 2.53. The van der Waals surface area contributed by atoms with Crippen LogP contribution in [-0.4, -0.2) is 57.7 Å². The summed E-state index contributed by atoms with van der Waals surface area (Å²) in [5, 5.41) is 31.9. The fraction of sp³-hybridized carbons (Fsp3) is 0.583. The summed E-state index contributed by atoms with van der Waals surface area (Å²) >= 11 is 1.71. The highest BCUT2D eigenvalue weighted by molar-refractivity contribution is 7.98. The van der Waals surface area contributed by atoms with Crippen molar-refractivity contribution in [3.05, 3.63) is 17.7 Å². The molecule has 1 atom stereocenters. The average molecular weight is 312 g/mol. The number of nitrogens with one attached hydrogen (secondary N) is 3. The summed E-state index contributed by atoms with van der Waals surface area (Å²) in [7, 11) is 0. The minimum absolute atomic E-state index is 0.0348. The van der Waals surface area contributed by atoms with Gasteiger partial charge in [0.25, 0.3) is 0 Å². The maximum Gasteiger partial charge on any atom is 0.204 e. The molecule has 0 spiro atoms. The molecule has 9 heteroatoms. The number of hydrogen-bond acceptors (Lipinski definition) is 6. The first-order chi connectivity index (χ1) is 10.2. The number of nitrogens with zero attached hydrogens (tertiary/aromatic N) is 3. The molecule has 0 aliphatic heterocycles. The van der Waals surface area contributed by atoms with E-state index in [1.165, 1.54) is 0 Å². The van der Waals surface area contributed by atoms with E-state index in [0.29, 0.717) is 12.5 Å². The second-order valence-electron chi connectivity index (χ2n) is 4.22. The average Bonchev–Trinajstić information content (AvgIpc) is 2.89. The Hall–Kier alpha value is -1.76. The molecule has 0 amide bonds. The minimum Gasteiger partial charge on any atom is -0.394 e. The number of nitriles is 1. The van der Waals surface area contributed by atoms with Gasteiger partial charge in [-0.15, -0.1) is 0 Å². The standard InChI is InChI=1S/C12H20N6O2S/c1-9-11(18-8-17-9)6-21-3-2-14-12(16-7-13)15-4-10(20)5-19/h8,10,19-20H,2-6H2,1H3,(H,17,18)(H2,14,15,16). The number of aryl methyl sites for hydroxylation is 1. The predicted octanol–water partition coefficient (Wildman–Crippen LogP) is -0.679. The van der Waals surface area contributed by atoms with Gasteiger partial charge in [0, 0.05) is 23.7 Å². The van der Waals surface area contributed by atoms with Crippen LogP contribution in [0.1, 0.15) is 11.4 Å². The van der Waals surface area contributed by atoms with E-state index in [9.17, 15) is 5.11 Å². The Balaban J connectivity index is 2.24. The number of hydrogen-bond donors (Lipinski definition) is 5. The summed E-state index contributed by atoms with van der Waals surface area (Å²) in [5.74, 6) is 1.93. The third-order valence-electron chi connectivity index (χ3n) is 2.56. The van der Waals surface area contributed by atoms with Gasteiger partial charge in [-0.05, 0) is 6.92 Å². The largest absolute Gasteiger partial charge is 0.394 e. The Morgan fingerprint density at radius 2 is 2.48 bits per heavy atom. The third-order valence-corrected chi connectivity index (χ3v) is 3.53. The SMILES string of the molecule is Cc1[nH]cnc1CSCCNC(=NCC(O)CO)NC#N. The Bertz CT molecular complexity index is 484. The number of aromatic amines is 1. The Morgan fingerprint density at radius 3 is 3.10 bits per heavy atom. The number of aliphatic hydroxyl groups excluding tert-OH is 2. The third kappa shape index (κ3) is 6.99. The van der Waals surface area contributed by atoms with Crippen LogP contribution in [0.25, 0.3) is 0 Å². The molecule has 21 heavy (non-hydrogen) atoms. The molecule has 1 unspecified atom stereocenters. The number of aromatic nitrogens is 2. The second kappa shape index (κ2) is 10.0. The maximum absolute atomic E-state index is 9.21. The maximum atomic E-state index is 9.21. The molecule has 0 radical (unpaired) electrons. The molecule has 1 heterocycles. The second-order valence-corrected chi connectivity index (χ2v) is 5.32. The van der Waals surface area contributed by atoms with Crippen molar-refractivity contribution in [1.82, 2.24) is 20.6 Å². The zero-order valence-electron chi connectivity index (χ0n) is 11.8. The number of H-pyrrole nitrogens is 1. The summed E-state index contributed by atoms with van der Waals surface area (Å²) in [4.78, 5) is 11.2. The zero-order valence-corrected chi connectivity index (χ0v) is 12.7. The monoisotopic (exact) mass is 312 g/mol. The van der Waals surface area contributed by atoms with Crippen molar-refractivity contribution >= 4 is 17.7 Å². The van der Waals surface area contributed by atoms with Crippen LogP contribution in [-0.2, 0) is 5.75 Å². The lowest BCUT2D eigenvalue weighted by Gasteiger charge is -2.09. The first-order valence-electron chi connectivity index (χ1n) is 6.46. The minimum atomic E-state index is -0.917. The van der Waals surface area contributed by atoms with E-state index in [4.69, 9.17) is 10.4 Å². The van der Waals surface area contributed by atoms with E-state index in [0.717, 1.165) is 22.9 Å². The number of thioether (sulfide) groups is 1. The number of guanidine groups is 1. The molecule has 5 N–H and O–H groups in total. The van der Waals surface area contributed by atoms with E-state index in [2.05, 4.69) is 25.6 Å². The molecule has 116 valence electrons. The molecule has 1 rings (SSSR count). The molecule has 0 aliphatic rings. The quantitative estimate of drug-likeness (QED) is 0.141. The molecule has 0 aromatic carbocycles. The van der Waals surface area contributed by atoms with Crippen LogP contribution < -0.4 is 10.6 Å². The van der Waals surface area contributed by atoms with Gasteiger partial charge in [0.2, 0.25) is 5.96 Å². The zero-order chi connectivity index (χ0) is 15.5. The van der Waals surface area contributed by atoms with Gasteiger partial charge < -0.3 is 20.5 Å². The lowest BCUT2D eigenvalue weighted by atomic mass is 10.4. The molecular weight excluding hydrogens is 292 g/mol. The van der Waals surface area contributed by atoms with E-state index in [1.807, 2.05) is 6.92 Å². The molecule has 1 aromatic heterocycles. The van der Waals surface area contributed by atoms with Gasteiger partial charge in [-0.3, -0.25) is 5.32 Å². The van der Waals surface area contributed by atoms with E-state index >= 15 is 0 Å². The van der Waals surface area contributed by atoms with Crippen LogP contribution in [0.5, 0.6) is 0 Å². The lowest BCUT2D eigenvalue weighted by molar-refractivity contribution is 0.102. The molecule has 0 aliphatic carbocycles. The van der Waals surface area contributed by atoms with Crippen LogP contribution in [0.3, 0.4) is 0 Å². The highest BCUT2D eigenvalue weighted by Crippen LogP contribution is 2.11. The van der Waals surface area contributed by atoms with Crippen LogP contribution >= 0.6 is 11.8 Å². The Kier molecular flexibility index (Phi) is 8.27. The van der Waals surface area contributed by atoms with E-state index < -0.39 is 6.10 Å². The molecular formula is C12H20N6O2S. The van der Waals surface area contributed by atoms with Gasteiger partial charge in [0.15, 0.2) is 6.19 Å². The topological polar surface area (TPSA) is 129 Å². The first-order valence-corrected chi connectivity index (χ1v) is 7.61. The van der Waals surface area contributed by atoms with Crippen LogP contribution in [0.2, 0.25) is 0 Å². The van der Waals surface area contributed by atoms with Crippen LogP contribution in [0.4, 0.5) is 0 Å². The van der Waals surface area contributed by atoms with E-state index in [1.54, 1.807) is 24.3 Å². The molecule has 0 saturated carbocycles. The van der Waals surface area contributed by atoms with Crippen molar-refractivity contribution in [2.75, 3.05) is 25.4 Å². The van der Waals surface area contributed by atoms with Crippen LogP contribution in [0.15, 0.2) is 11.3 Å². The molecule has 0 bridgehead atoms. The summed E-state index contributed by atoms with van der Waals surface area (Å²) < 4.78 is 0. The van der Waals surface area contributed by atoms with Crippen molar-refractivity contribution in [3.8, 4) is 6.19 Å². The van der Waals surface area contributed by atoms with Gasteiger partial charge in [0.1, 0.15) is 0 Å². The van der Waals surface area contributed by atoms with Gasteiger partial charge in [-0.25, -0.2) is 9.98 Å². The van der Waals surface area contributed by atoms with E-state index in [-0.39, 0.29) is 13.2 Å². The molecule has 8 nitrogen and oxygen atoms in total. The lowest BCUT2D eigenvalue weighted by Crippen LogP contribution is -2.36. The van der Waals surface area contributed by atoms with Gasteiger partial charge in [-0.1, -0.05) is 0 Å². The summed E-state index contributed by atoms with van der Waals surface area (Å²) in [6.45, 7) is 2.28. The molecule has 1 aromatic rings. The highest BCUT2D eigenvalue weighted by atomic mass is 32.2. The Labute approximate surface area is 127 Å². The van der Waals surface area contributed by atoms with Crippen LogP contribution in [0, 0.1) is 18.4 Å². The number of aliphatic hydroxyl groups is 2. The van der Waals surface area contributed by atoms with Crippen molar-refractivity contribution in [3.63, 3.8) is 0 Å². The van der Waals surface area contributed by atoms with Crippen molar-refractivity contribution in [2.45, 2.75) is 18.8 Å². The molecule has 0 fully saturated rings.